The van der Waals surface area contributed by atoms with Crippen LogP contribution in [0.5, 0.6) is 0 Å². The van der Waals surface area contributed by atoms with Crippen molar-refractivity contribution in [1.82, 2.24) is 9.97 Å². The summed E-state index contributed by atoms with van der Waals surface area (Å²) in [6.07, 6.45) is 2.99. The Bertz CT molecular complexity index is 592. The van der Waals surface area contributed by atoms with Crippen molar-refractivity contribution >= 4 is 24.8 Å². The molecule has 0 amide bonds. The number of H-pyrrole nitrogens is 1. The molecular weight excluding hydrogens is 302 g/mol. The first-order valence-electron chi connectivity index (χ1n) is 5.64. The molecule has 2 aromatic rings. The van der Waals surface area contributed by atoms with Crippen LogP contribution in [0.1, 0.15) is 22.6 Å². The Morgan fingerprint density at radius 3 is 2.70 bits per heavy atom. The molecule has 0 fully saturated rings. The van der Waals surface area contributed by atoms with Gasteiger partial charge in [0.05, 0.1) is 5.56 Å². The van der Waals surface area contributed by atoms with Crippen LogP contribution in [-0.4, -0.2) is 16.5 Å². The zero-order valence-corrected chi connectivity index (χ0v) is 12.2. The highest BCUT2D eigenvalue weighted by Gasteiger charge is 2.05. The van der Waals surface area contributed by atoms with Crippen LogP contribution in [0.4, 0.5) is 4.39 Å². The van der Waals surface area contributed by atoms with Gasteiger partial charge in [-0.1, -0.05) is 6.07 Å². The van der Waals surface area contributed by atoms with Gasteiger partial charge in [0, 0.05) is 24.7 Å². The Kier molecular flexibility index (Phi) is 7.85. The van der Waals surface area contributed by atoms with E-state index in [0.717, 1.165) is 23.5 Å². The van der Waals surface area contributed by atoms with Crippen molar-refractivity contribution in [2.45, 2.75) is 12.8 Å². The van der Waals surface area contributed by atoms with Gasteiger partial charge in [-0.05, 0) is 24.2 Å². The smallest absolute Gasteiger partial charge is 0.141 e. The topological polar surface area (TPSA) is 78.5 Å². The van der Waals surface area contributed by atoms with E-state index in [1.54, 1.807) is 18.3 Å². The normalized spacial score (nSPS) is 9.25. The van der Waals surface area contributed by atoms with E-state index in [9.17, 15) is 4.39 Å². The van der Waals surface area contributed by atoms with Gasteiger partial charge in [-0.25, -0.2) is 9.37 Å². The van der Waals surface area contributed by atoms with E-state index < -0.39 is 5.82 Å². The van der Waals surface area contributed by atoms with Crippen molar-refractivity contribution in [3.05, 3.63) is 52.9 Å². The molecule has 0 saturated heterocycles. The second-order valence-electron chi connectivity index (χ2n) is 4.00. The Labute approximate surface area is 129 Å². The summed E-state index contributed by atoms with van der Waals surface area (Å²) in [6, 6.07) is 6.37. The van der Waals surface area contributed by atoms with E-state index in [1.807, 2.05) is 0 Å². The summed E-state index contributed by atoms with van der Waals surface area (Å²) in [7, 11) is 0. The highest BCUT2D eigenvalue weighted by Crippen LogP contribution is 2.12. The fourth-order valence-electron chi connectivity index (χ4n) is 1.73. The Morgan fingerprint density at radius 2 is 2.10 bits per heavy atom. The number of benzene rings is 1. The number of nitriles is 1. The van der Waals surface area contributed by atoms with E-state index >= 15 is 0 Å². The van der Waals surface area contributed by atoms with Crippen LogP contribution in [0.25, 0.3) is 0 Å². The maximum absolute atomic E-state index is 13.4. The molecule has 0 saturated carbocycles. The summed E-state index contributed by atoms with van der Waals surface area (Å²) in [5.41, 5.74) is 7.26. The van der Waals surface area contributed by atoms with Crippen LogP contribution in [0.2, 0.25) is 0 Å². The molecular formula is C13H15Cl2FN4. The van der Waals surface area contributed by atoms with Crippen LogP contribution < -0.4 is 5.73 Å². The van der Waals surface area contributed by atoms with E-state index in [4.69, 9.17) is 11.0 Å². The SMILES string of the molecule is Cl.Cl.N#Cc1ccc(Cc2ncc(CCN)[nH]2)cc1F. The summed E-state index contributed by atoms with van der Waals surface area (Å²) in [5, 5.41) is 8.64. The molecule has 0 unspecified atom stereocenters. The lowest BCUT2D eigenvalue weighted by Crippen LogP contribution is -2.03. The maximum Gasteiger partial charge on any atom is 0.141 e. The zero-order chi connectivity index (χ0) is 13.0. The van der Waals surface area contributed by atoms with Gasteiger partial charge in [0.2, 0.25) is 0 Å². The summed E-state index contributed by atoms with van der Waals surface area (Å²) in [4.78, 5) is 7.34. The number of rotatable bonds is 4. The van der Waals surface area contributed by atoms with Gasteiger partial charge in [0.15, 0.2) is 0 Å². The van der Waals surface area contributed by atoms with Gasteiger partial charge in [-0.15, -0.1) is 24.8 Å². The maximum atomic E-state index is 13.4. The van der Waals surface area contributed by atoms with Crippen molar-refractivity contribution in [1.29, 1.82) is 5.26 Å². The first-order valence-corrected chi connectivity index (χ1v) is 5.64. The number of nitrogens with zero attached hydrogens (tertiary/aromatic N) is 2. The second kappa shape index (κ2) is 8.54. The molecule has 108 valence electrons. The quantitative estimate of drug-likeness (QED) is 0.908. The number of nitrogens with one attached hydrogen (secondary N) is 1. The molecule has 0 aliphatic rings. The highest BCUT2D eigenvalue weighted by molar-refractivity contribution is 5.85. The molecule has 0 aliphatic heterocycles. The number of aromatic amines is 1. The minimum Gasteiger partial charge on any atom is -0.346 e. The number of halogens is 3. The van der Waals surface area contributed by atoms with Crippen molar-refractivity contribution in [3.63, 3.8) is 0 Å². The van der Waals surface area contributed by atoms with Gasteiger partial charge in [0.25, 0.3) is 0 Å². The average Bonchev–Trinajstić information content (AvgIpc) is 2.77. The van der Waals surface area contributed by atoms with Gasteiger partial charge in [-0.2, -0.15) is 5.26 Å². The van der Waals surface area contributed by atoms with Gasteiger partial charge in [-0.3, -0.25) is 0 Å². The standard InChI is InChI=1S/C13H13FN4.2ClH/c14-12-5-9(1-2-10(12)7-16)6-13-17-8-11(18-13)3-4-15;;/h1-2,5,8H,3-4,6,15H2,(H,17,18);2*1H. The number of hydrogen-bond donors (Lipinski definition) is 2. The lowest BCUT2D eigenvalue weighted by atomic mass is 10.1. The minimum atomic E-state index is -0.497. The summed E-state index contributed by atoms with van der Waals surface area (Å²) in [6.45, 7) is 0.563. The molecule has 7 heteroatoms. The van der Waals surface area contributed by atoms with Crippen molar-refractivity contribution in [2.75, 3.05) is 6.54 Å². The van der Waals surface area contributed by atoms with E-state index in [0.29, 0.717) is 13.0 Å². The van der Waals surface area contributed by atoms with Crippen LogP contribution in [-0.2, 0) is 12.8 Å². The fraction of sp³-hybridized carbons (Fsp3) is 0.231. The molecule has 0 atom stereocenters. The first kappa shape index (κ1) is 18.4. The third-order valence-electron chi connectivity index (χ3n) is 2.62. The van der Waals surface area contributed by atoms with Crippen molar-refractivity contribution in [2.24, 2.45) is 5.73 Å². The average molecular weight is 317 g/mol. The third kappa shape index (κ3) is 4.49. The largest absolute Gasteiger partial charge is 0.346 e. The second-order valence-corrected chi connectivity index (χ2v) is 4.00. The van der Waals surface area contributed by atoms with Gasteiger partial charge >= 0.3 is 0 Å². The van der Waals surface area contributed by atoms with Crippen LogP contribution in [0.15, 0.2) is 24.4 Å². The monoisotopic (exact) mass is 316 g/mol. The minimum absolute atomic E-state index is 0. The molecule has 1 heterocycles. The molecule has 1 aromatic carbocycles. The number of aromatic nitrogens is 2. The lowest BCUT2D eigenvalue weighted by Gasteiger charge is -2.00. The van der Waals surface area contributed by atoms with Gasteiger partial charge in [0.1, 0.15) is 17.7 Å². The Balaban J connectivity index is 0.00000180. The van der Waals surface area contributed by atoms with Crippen molar-refractivity contribution in [3.8, 4) is 6.07 Å². The molecule has 3 N–H and O–H groups in total. The molecule has 4 nitrogen and oxygen atoms in total. The number of hydrogen-bond acceptors (Lipinski definition) is 3. The summed E-state index contributed by atoms with van der Waals surface area (Å²) >= 11 is 0. The molecule has 0 aliphatic carbocycles. The number of nitrogens with two attached hydrogens (primary N) is 1. The molecule has 0 bridgehead atoms. The van der Waals surface area contributed by atoms with Crippen molar-refractivity contribution < 1.29 is 4.39 Å². The predicted octanol–water partition coefficient (Wildman–Crippen LogP) is 2.36. The zero-order valence-electron chi connectivity index (χ0n) is 10.6. The predicted molar refractivity (Wildman–Crippen MR) is 79.8 cm³/mol. The Hall–Kier alpha value is -1.61. The molecule has 20 heavy (non-hydrogen) atoms. The fourth-order valence-corrected chi connectivity index (χ4v) is 1.73. The molecule has 1 aromatic heterocycles. The van der Waals surface area contributed by atoms with Crippen LogP contribution >= 0.6 is 24.8 Å². The van der Waals surface area contributed by atoms with Crippen LogP contribution in [0, 0.1) is 17.1 Å². The molecule has 0 spiro atoms. The lowest BCUT2D eigenvalue weighted by molar-refractivity contribution is 0.622. The van der Waals surface area contributed by atoms with E-state index in [1.165, 1.54) is 12.1 Å². The molecule has 2 rings (SSSR count). The molecule has 0 radical (unpaired) electrons. The summed E-state index contributed by atoms with van der Waals surface area (Å²) in [5.74, 6) is 0.270. The van der Waals surface area contributed by atoms with E-state index in [-0.39, 0.29) is 30.4 Å². The number of imidazole rings is 1. The van der Waals surface area contributed by atoms with Gasteiger partial charge < -0.3 is 10.7 Å². The Morgan fingerprint density at radius 1 is 1.35 bits per heavy atom. The van der Waals surface area contributed by atoms with Crippen LogP contribution in [0.3, 0.4) is 0 Å². The third-order valence-corrected chi connectivity index (χ3v) is 2.62. The first-order chi connectivity index (χ1) is 8.72. The highest BCUT2D eigenvalue weighted by atomic mass is 35.5. The summed E-state index contributed by atoms with van der Waals surface area (Å²) < 4.78 is 13.4. The van der Waals surface area contributed by atoms with E-state index in [2.05, 4.69) is 9.97 Å².